The number of nitrogens with zero attached hydrogens (tertiary/aromatic N) is 2. The Morgan fingerprint density at radius 3 is 2.39 bits per heavy atom. The quantitative estimate of drug-likeness (QED) is 0.895. The molecule has 0 aliphatic carbocycles. The van der Waals surface area contributed by atoms with E-state index in [2.05, 4.69) is 48.0 Å². The molecule has 0 saturated carbocycles. The number of aryl methyl sites for hydroxylation is 2. The van der Waals surface area contributed by atoms with Crippen LogP contribution in [0.1, 0.15) is 18.1 Å². The van der Waals surface area contributed by atoms with Crippen LogP contribution in [-0.2, 0) is 0 Å². The smallest absolute Gasteiger partial charge is 0.136 e. The van der Waals surface area contributed by atoms with E-state index >= 15 is 0 Å². The van der Waals surface area contributed by atoms with E-state index in [1.165, 1.54) is 5.56 Å². The molecule has 0 radical (unpaired) electrons. The topological polar surface area (TPSA) is 42.2 Å². The van der Waals surface area contributed by atoms with Gasteiger partial charge in [-0.1, -0.05) is 17.7 Å². The fraction of sp³-hybridized carbons (Fsp3) is 0.267. The largest absolute Gasteiger partial charge is 0.397 e. The van der Waals surface area contributed by atoms with Crippen molar-refractivity contribution in [2.45, 2.75) is 20.8 Å². The number of hydrogen-bond acceptors (Lipinski definition) is 3. The Morgan fingerprint density at radius 1 is 1.17 bits per heavy atom. The van der Waals surface area contributed by atoms with Gasteiger partial charge in [-0.15, -0.1) is 0 Å². The second-order valence-corrected chi connectivity index (χ2v) is 4.49. The average molecular weight is 241 g/mol. The number of nitrogens with two attached hydrogens (primary N) is 1. The third-order valence-electron chi connectivity index (χ3n) is 2.99. The lowest BCUT2D eigenvalue weighted by atomic mass is 10.2. The summed E-state index contributed by atoms with van der Waals surface area (Å²) in [4.78, 5) is 6.64. The summed E-state index contributed by atoms with van der Waals surface area (Å²) in [5, 5.41) is 0. The molecule has 1 aromatic carbocycles. The summed E-state index contributed by atoms with van der Waals surface area (Å²) in [5.74, 6) is 0.968. The number of nitrogen functional groups attached to an aromatic ring is 1. The summed E-state index contributed by atoms with van der Waals surface area (Å²) in [7, 11) is 0. The van der Waals surface area contributed by atoms with Crippen LogP contribution in [0, 0.1) is 13.8 Å². The summed E-state index contributed by atoms with van der Waals surface area (Å²) in [6.07, 6.45) is 1.71. The van der Waals surface area contributed by atoms with Crippen molar-refractivity contribution >= 4 is 17.2 Å². The molecule has 2 N–H and O–H groups in total. The Hall–Kier alpha value is -2.03. The fourth-order valence-electron chi connectivity index (χ4n) is 2.05. The van der Waals surface area contributed by atoms with Gasteiger partial charge in [0, 0.05) is 12.2 Å². The molecule has 0 atom stereocenters. The van der Waals surface area contributed by atoms with Crippen molar-refractivity contribution in [3.05, 3.63) is 47.7 Å². The second kappa shape index (κ2) is 5.08. The highest BCUT2D eigenvalue weighted by molar-refractivity contribution is 5.64. The lowest BCUT2D eigenvalue weighted by Crippen LogP contribution is -2.18. The Labute approximate surface area is 108 Å². The Morgan fingerprint density at radius 2 is 1.83 bits per heavy atom. The van der Waals surface area contributed by atoms with Crippen LogP contribution in [0.15, 0.2) is 36.5 Å². The maximum atomic E-state index is 5.75. The molecule has 0 saturated heterocycles. The van der Waals surface area contributed by atoms with Crippen molar-refractivity contribution in [3.8, 4) is 0 Å². The molecule has 18 heavy (non-hydrogen) atoms. The molecule has 0 fully saturated rings. The molecule has 2 rings (SSSR count). The van der Waals surface area contributed by atoms with Crippen molar-refractivity contribution in [2.75, 3.05) is 17.2 Å². The van der Waals surface area contributed by atoms with Gasteiger partial charge in [-0.25, -0.2) is 4.98 Å². The Bertz CT molecular complexity index is 532. The van der Waals surface area contributed by atoms with E-state index in [9.17, 15) is 0 Å². The molecule has 0 aliphatic heterocycles. The highest BCUT2D eigenvalue weighted by Gasteiger charge is 2.11. The number of benzene rings is 1. The Balaban J connectivity index is 2.41. The van der Waals surface area contributed by atoms with Gasteiger partial charge in [-0.3, -0.25) is 0 Å². The molecular weight excluding hydrogens is 222 g/mol. The summed E-state index contributed by atoms with van der Waals surface area (Å²) in [6.45, 7) is 7.13. The summed E-state index contributed by atoms with van der Waals surface area (Å²) in [6, 6.07) is 10.4. The van der Waals surface area contributed by atoms with Crippen LogP contribution < -0.4 is 10.6 Å². The zero-order chi connectivity index (χ0) is 13.1. The summed E-state index contributed by atoms with van der Waals surface area (Å²) < 4.78 is 0. The average Bonchev–Trinajstić information content (AvgIpc) is 2.35. The van der Waals surface area contributed by atoms with Crippen molar-refractivity contribution < 1.29 is 0 Å². The third-order valence-corrected chi connectivity index (χ3v) is 2.99. The lowest BCUT2D eigenvalue weighted by Gasteiger charge is -2.24. The molecule has 3 nitrogen and oxygen atoms in total. The van der Waals surface area contributed by atoms with E-state index in [0.29, 0.717) is 5.69 Å². The maximum absolute atomic E-state index is 5.75. The first kappa shape index (κ1) is 12.4. The molecular formula is C15H19N3. The molecule has 94 valence electrons. The van der Waals surface area contributed by atoms with Crippen molar-refractivity contribution in [1.29, 1.82) is 0 Å². The van der Waals surface area contributed by atoms with Gasteiger partial charge >= 0.3 is 0 Å². The minimum atomic E-state index is 0.705. The van der Waals surface area contributed by atoms with Gasteiger partial charge in [0.25, 0.3) is 0 Å². The number of pyridine rings is 1. The third kappa shape index (κ3) is 2.45. The van der Waals surface area contributed by atoms with E-state index < -0.39 is 0 Å². The van der Waals surface area contributed by atoms with Gasteiger partial charge in [0.05, 0.1) is 11.9 Å². The van der Waals surface area contributed by atoms with Gasteiger partial charge in [-0.05, 0) is 44.5 Å². The molecule has 0 amide bonds. The highest BCUT2D eigenvalue weighted by atomic mass is 15.2. The molecule has 1 aromatic heterocycles. The van der Waals surface area contributed by atoms with E-state index in [-0.39, 0.29) is 0 Å². The monoisotopic (exact) mass is 241 g/mol. The molecule has 1 heterocycles. The van der Waals surface area contributed by atoms with Gasteiger partial charge in [0.2, 0.25) is 0 Å². The number of hydrogen-bond donors (Lipinski definition) is 1. The van der Waals surface area contributed by atoms with Gasteiger partial charge in [0.1, 0.15) is 5.82 Å². The zero-order valence-electron chi connectivity index (χ0n) is 11.1. The van der Waals surface area contributed by atoms with Crippen LogP contribution in [-0.4, -0.2) is 11.5 Å². The molecule has 0 bridgehead atoms. The van der Waals surface area contributed by atoms with E-state index in [1.54, 1.807) is 6.20 Å². The highest BCUT2D eigenvalue weighted by Crippen LogP contribution is 2.27. The first-order valence-corrected chi connectivity index (χ1v) is 6.18. The van der Waals surface area contributed by atoms with E-state index in [1.807, 2.05) is 13.0 Å². The van der Waals surface area contributed by atoms with Crippen molar-refractivity contribution in [3.63, 3.8) is 0 Å². The van der Waals surface area contributed by atoms with Crippen LogP contribution >= 0.6 is 0 Å². The summed E-state index contributed by atoms with van der Waals surface area (Å²) in [5.41, 5.74) is 9.96. The first-order valence-electron chi connectivity index (χ1n) is 6.18. The number of aromatic nitrogens is 1. The lowest BCUT2D eigenvalue weighted by molar-refractivity contribution is 0.979. The SMILES string of the molecule is CCN(c1ccc(C)cc1)c1ncc(N)cc1C. The van der Waals surface area contributed by atoms with Crippen molar-refractivity contribution in [2.24, 2.45) is 0 Å². The minimum Gasteiger partial charge on any atom is -0.397 e. The number of anilines is 3. The van der Waals surface area contributed by atoms with Crippen LogP contribution in [0.5, 0.6) is 0 Å². The van der Waals surface area contributed by atoms with Crippen LogP contribution in [0.3, 0.4) is 0 Å². The minimum absolute atomic E-state index is 0.705. The predicted octanol–water partition coefficient (Wildman–Crippen LogP) is 3.44. The predicted molar refractivity (Wildman–Crippen MR) is 77.2 cm³/mol. The molecule has 0 unspecified atom stereocenters. The van der Waals surface area contributed by atoms with Crippen LogP contribution in [0.25, 0.3) is 0 Å². The fourth-order valence-corrected chi connectivity index (χ4v) is 2.05. The first-order chi connectivity index (χ1) is 8.61. The zero-order valence-corrected chi connectivity index (χ0v) is 11.1. The summed E-state index contributed by atoms with van der Waals surface area (Å²) >= 11 is 0. The maximum Gasteiger partial charge on any atom is 0.136 e. The van der Waals surface area contributed by atoms with Gasteiger partial charge in [0.15, 0.2) is 0 Å². The Kier molecular flexibility index (Phi) is 3.51. The molecule has 0 spiro atoms. The van der Waals surface area contributed by atoms with Crippen LogP contribution in [0.2, 0.25) is 0 Å². The molecule has 3 heteroatoms. The van der Waals surface area contributed by atoms with Crippen LogP contribution in [0.4, 0.5) is 17.2 Å². The van der Waals surface area contributed by atoms with Crippen molar-refractivity contribution in [1.82, 2.24) is 4.98 Å². The van der Waals surface area contributed by atoms with E-state index in [4.69, 9.17) is 5.73 Å². The molecule has 0 aliphatic rings. The number of rotatable bonds is 3. The van der Waals surface area contributed by atoms with Gasteiger partial charge < -0.3 is 10.6 Å². The van der Waals surface area contributed by atoms with E-state index in [0.717, 1.165) is 23.6 Å². The second-order valence-electron chi connectivity index (χ2n) is 4.49. The normalized spacial score (nSPS) is 10.4. The van der Waals surface area contributed by atoms with Gasteiger partial charge in [-0.2, -0.15) is 0 Å². The standard InChI is InChI=1S/C15H19N3/c1-4-18(14-7-5-11(2)6-8-14)15-12(3)9-13(16)10-17-15/h5-10H,4,16H2,1-3H3. The molecule has 2 aromatic rings.